The van der Waals surface area contributed by atoms with Crippen LogP contribution in [0.4, 0.5) is 4.79 Å². The normalized spacial score (nSPS) is 18.3. The van der Waals surface area contributed by atoms with Crippen LogP contribution in [0, 0.1) is 0 Å². The molecule has 5 heteroatoms. The maximum atomic E-state index is 12.7. The Morgan fingerprint density at radius 1 is 1.39 bits per heavy atom. The van der Waals surface area contributed by atoms with Crippen molar-refractivity contribution in [2.24, 2.45) is 0 Å². The molecule has 1 amide bonds. The predicted molar refractivity (Wildman–Crippen MR) is 90.7 cm³/mol. The topological polar surface area (TPSA) is 50.8 Å². The molecule has 0 saturated carbocycles. The number of nitrogens with zero attached hydrogens (tertiary/aromatic N) is 1. The van der Waals surface area contributed by atoms with Crippen LogP contribution in [-0.4, -0.2) is 42.8 Å². The SMILES string of the molecule is COc1cccc(CN(C(=O)OC(C)(C)C)[C@H]2CCCNC2)c1. The van der Waals surface area contributed by atoms with Crippen LogP contribution in [0.2, 0.25) is 0 Å². The quantitative estimate of drug-likeness (QED) is 0.926. The van der Waals surface area contributed by atoms with Crippen molar-refractivity contribution in [1.82, 2.24) is 10.2 Å². The minimum atomic E-state index is -0.494. The number of rotatable bonds is 4. The number of amides is 1. The van der Waals surface area contributed by atoms with Crippen molar-refractivity contribution in [1.29, 1.82) is 0 Å². The Morgan fingerprint density at radius 3 is 2.78 bits per heavy atom. The number of methoxy groups -OCH3 is 1. The minimum Gasteiger partial charge on any atom is -0.497 e. The highest BCUT2D eigenvalue weighted by atomic mass is 16.6. The van der Waals surface area contributed by atoms with Gasteiger partial charge in [0.25, 0.3) is 0 Å². The van der Waals surface area contributed by atoms with E-state index in [2.05, 4.69) is 5.32 Å². The second-order valence-corrected chi connectivity index (χ2v) is 6.96. The highest BCUT2D eigenvalue weighted by Gasteiger charge is 2.29. The zero-order chi connectivity index (χ0) is 16.9. The molecule has 0 aliphatic carbocycles. The highest BCUT2D eigenvalue weighted by molar-refractivity contribution is 5.68. The predicted octanol–water partition coefficient (Wildman–Crippen LogP) is 3.18. The molecule has 0 spiro atoms. The van der Waals surface area contributed by atoms with Gasteiger partial charge in [0.15, 0.2) is 0 Å². The summed E-state index contributed by atoms with van der Waals surface area (Å²) in [6.07, 6.45) is 1.81. The van der Waals surface area contributed by atoms with E-state index in [4.69, 9.17) is 9.47 Å². The molecule has 1 atom stereocenters. The van der Waals surface area contributed by atoms with Crippen molar-refractivity contribution in [3.8, 4) is 5.75 Å². The lowest BCUT2D eigenvalue weighted by atomic mass is 10.1. The van der Waals surface area contributed by atoms with Crippen LogP contribution in [0.25, 0.3) is 0 Å². The van der Waals surface area contributed by atoms with Gasteiger partial charge in [-0.3, -0.25) is 4.90 Å². The van der Waals surface area contributed by atoms with Crippen LogP contribution in [0.15, 0.2) is 24.3 Å². The van der Waals surface area contributed by atoms with Gasteiger partial charge in [0, 0.05) is 19.1 Å². The van der Waals surface area contributed by atoms with Gasteiger partial charge in [-0.2, -0.15) is 0 Å². The van der Waals surface area contributed by atoms with Gasteiger partial charge in [0.05, 0.1) is 7.11 Å². The van der Waals surface area contributed by atoms with E-state index >= 15 is 0 Å². The second kappa shape index (κ2) is 7.68. The smallest absolute Gasteiger partial charge is 0.410 e. The molecule has 1 aliphatic heterocycles. The first-order valence-electron chi connectivity index (χ1n) is 8.22. The molecule has 0 unspecified atom stereocenters. The van der Waals surface area contributed by atoms with Crippen molar-refractivity contribution in [2.75, 3.05) is 20.2 Å². The summed E-state index contributed by atoms with van der Waals surface area (Å²) in [7, 11) is 1.65. The van der Waals surface area contributed by atoms with Crippen molar-refractivity contribution < 1.29 is 14.3 Å². The van der Waals surface area contributed by atoms with E-state index in [-0.39, 0.29) is 12.1 Å². The number of hydrogen-bond donors (Lipinski definition) is 1. The molecule has 23 heavy (non-hydrogen) atoms. The molecular formula is C18H28N2O3. The molecule has 128 valence electrons. The van der Waals surface area contributed by atoms with Gasteiger partial charge in [0.1, 0.15) is 11.4 Å². The van der Waals surface area contributed by atoms with E-state index < -0.39 is 5.60 Å². The maximum absolute atomic E-state index is 12.7. The summed E-state index contributed by atoms with van der Waals surface area (Å²) in [5.74, 6) is 0.799. The molecule has 1 aliphatic rings. The number of carbonyl (C=O) groups excluding carboxylic acids is 1. The Bertz CT molecular complexity index is 519. The summed E-state index contributed by atoms with van der Waals surface area (Å²) in [6.45, 7) is 8.04. The van der Waals surface area contributed by atoms with Crippen molar-refractivity contribution >= 4 is 6.09 Å². The summed E-state index contributed by atoms with van der Waals surface area (Å²) in [5.41, 5.74) is 0.548. The third-order valence-corrected chi connectivity index (χ3v) is 3.83. The van der Waals surface area contributed by atoms with E-state index in [1.807, 2.05) is 49.9 Å². The fraction of sp³-hybridized carbons (Fsp3) is 0.611. The average Bonchev–Trinajstić information content (AvgIpc) is 2.52. The molecule has 0 aromatic heterocycles. The van der Waals surface area contributed by atoms with Crippen molar-refractivity contribution in [3.05, 3.63) is 29.8 Å². The monoisotopic (exact) mass is 320 g/mol. The molecule has 1 N–H and O–H groups in total. The maximum Gasteiger partial charge on any atom is 0.410 e. The van der Waals surface area contributed by atoms with Crippen molar-refractivity contribution in [2.45, 2.75) is 51.8 Å². The van der Waals surface area contributed by atoms with Gasteiger partial charge in [-0.05, 0) is 57.9 Å². The molecule has 1 heterocycles. The molecule has 1 aromatic rings. The van der Waals surface area contributed by atoms with E-state index in [9.17, 15) is 4.79 Å². The molecule has 1 fully saturated rings. The zero-order valence-electron chi connectivity index (χ0n) is 14.6. The number of benzene rings is 1. The van der Waals surface area contributed by atoms with Crippen LogP contribution in [0.5, 0.6) is 5.75 Å². The van der Waals surface area contributed by atoms with Gasteiger partial charge in [-0.1, -0.05) is 12.1 Å². The molecule has 2 rings (SSSR count). The summed E-state index contributed by atoms with van der Waals surface area (Å²) in [6, 6.07) is 7.98. The van der Waals surface area contributed by atoms with Crippen LogP contribution < -0.4 is 10.1 Å². The van der Waals surface area contributed by atoms with E-state index in [0.29, 0.717) is 6.54 Å². The van der Waals surface area contributed by atoms with Crippen LogP contribution in [0.1, 0.15) is 39.2 Å². The Balaban J connectivity index is 2.16. The van der Waals surface area contributed by atoms with E-state index in [1.54, 1.807) is 7.11 Å². The van der Waals surface area contributed by atoms with Gasteiger partial charge in [-0.15, -0.1) is 0 Å². The fourth-order valence-corrected chi connectivity index (χ4v) is 2.73. The summed E-state index contributed by atoms with van der Waals surface area (Å²) >= 11 is 0. The Kier molecular flexibility index (Phi) is 5.88. The standard InChI is InChI=1S/C18H28N2O3/c1-18(2,3)23-17(21)20(15-8-6-10-19-12-15)13-14-7-5-9-16(11-14)22-4/h5,7,9,11,15,19H,6,8,10,12-13H2,1-4H3/t15-/m0/s1. The Labute approximate surface area is 139 Å². The largest absolute Gasteiger partial charge is 0.497 e. The Morgan fingerprint density at radius 2 is 2.17 bits per heavy atom. The van der Waals surface area contributed by atoms with Crippen molar-refractivity contribution in [3.63, 3.8) is 0 Å². The molecule has 0 radical (unpaired) electrons. The molecule has 1 saturated heterocycles. The summed E-state index contributed by atoms with van der Waals surface area (Å²) in [5, 5.41) is 3.37. The van der Waals surface area contributed by atoms with Gasteiger partial charge >= 0.3 is 6.09 Å². The molecular weight excluding hydrogens is 292 g/mol. The number of hydrogen-bond acceptors (Lipinski definition) is 4. The highest BCUT2D eigenvalue weighted by Crippen LogP contribution is 2.21. The Hall–Kier alpha value is -1.75. The molecule has 5 nitrogen and oxygen atoms in total. The average molecular weight is 320 g/mol. The van der Waals surface area contributed by atoms with Crippen LogP contribution >= 0.6 is 0 Å². The van der Waals surface area contributed by atoms with E-state index in [0.717, 1.165) is 37.2 Å². The third kappa shape index (κ3) is 5.43. The number of carbonyl (C=O) groups is 1. The van der Waals surface area contributed by atoms with Gasteiger partial charge in [-0.25, -0.2) is 4.79 Å². The lowest BCUT2D eigenvalue weighted by Gasteiger charge is -2.36. The summed E-state index contributed by atoms with van der Waals surface area (Å²) in [4.78, 5) is 14.5. The molecule has 1 aromatic carbocycles. The lowest BCUT2D eigenvalue weighted by molar-refractivity contribution is 0.0114. The number of nitrogens with one attached hydrogen (secondary N) is 1. The zero-order valence-corrected chi connectivity index (χ0v) is 14.6. The van der Waals surface area contributed by atoms with Crippen LogP contribution in [-0.2, 0) is 11.3 Å². The van der Waals surface area contributed by atoms with Crippen LogP contribution in [0.3, 0.4) is 0 Å². The number of ether oxygens (including phenoxy) is 2. The number of piperidine rings is 1. The molecule has 0 bridgehead atoms. The fourth-order valence-electron chi connectivity index (χ4n) is 2.73. The van der Waals surface area contributed by atoms with Gasteiger partial charge in [0.2, 0.25) is 0 Å². The third-order valence-electron chi connectivity index (χ3n) is 3.83. The first-order chi connectivity index (χ1) is 10.9. The van der Waals surface area contributed by atoms with E-state index in [1.165, 1.54) is 0 Å². The summed E-state index contributed by atoms with van der Waals surface area (Å²) < 4.78 is 10.9. The first kappa shape index (κ1) is 17.6. The first-order valence-corrected chi connectivity index (χ1v) is 8.22. The van der Waals surface area contributed by atoms with Gasteiger partial charge < -0.3 is 14.8 Å². The minimum absolute atomic E-state index is 0.157. The second-order valence-electron chi connectivity index (χ2n) is 6.96. The lowest BCUT2D eigenvalue weighted by Crippen LogP contribution is -2.49.